The van der Waals surface area contributed by atoms with Gasteiger partial charge in [-0.05, 0) is 36.4 Å². The summed E-state index contributed by atoms with van der Waals surface area (Å²) in [5.41, 5.74) is 8.52. The van der Waals surface area contributed by atoms with E-state index in [1.54, 1.807) is 42.5 Å². The van der Waals surface area contributed by atoms with Gasteiger partial charge in [-0.2, -0.15) is 5.26 Å². The summed E-state index contributed by atoms with van der Waals surface area (Å²) in [5, 5.41) is 9.51. The van der Waals surface area contributed by atoms with Crippen molar-refractivity contribution in [3.8, 4) is 17.4 Å². The number of carbonyl (C=O) groups is 1. The second-order valence-corrected chi connectivity index (χ2v) is 5.92. The number of amides is 1. The maximum absolute atomic E-state index is 11.2. The van der Waals surface area contributed by atoms with E-state index in [1.165, 1.54) is 0 Å². The van der Waals surface area contributed by atoms with Gasteiger partial charge in [-0.3, -0.25) is 4.79 Å². The van der Waals surface area contributed by atoms with Gasteiger partial charge in [0.25, 0.3) is 0 Å². The first-order valence-corrected chi connectivity index (χ1v) is 8.21. The first-order valence-electron chi connectivity index (χ1n) is 8.21. The van der Waals surface area contributed by atoms with Gasteiger partial charge in [0.1, 0.15) is 23.4 Å². The third kappa shape index (κ3) is 3.22. The van der Waals surface area contributed by atoms with E-state index >= 15 is 0 Å². The van der Waals surface area contributed by atoms with Gasteiger partial charge in [-0.25, -0.2) is 4.98 Å². The molecular formula is C21H14N4O2. The quantitative estimate of drug-likeness (QED) is 0.540. The van der Waals surface area contributed by atoms with Gasteiger partial charge in [-0.15, -0.1) is 0 Å². The molecule has 0 bridgehead atoms. The molecule has 3 N–H and O–H groups in total. The maximum atomic E-state index is 11.2. The molecule has 6 nitrogen and oxygen atoms in total. The molecular weight excluding hydrogens is 340 g/mol. The number of fused-ring (bicyclic) bond motifs is 1. The summed E-state index contributed by atoms with van der Waals surface area (Å²) < 4.78 is 5.81. The van der Waals surface area contributed by atoms with E-state index in [-0.39, 0.29) is 0 Å². The molecule has 2 heterocycles. The third-order valence-electron chi connectivity index (χ3n) is 4.13. The number of nitrogens with two attached hydrogens (primary N) is 1. The van der Waals surface area contributed by atoms with Crippen molar-refractivity contribution in [1.82, 2.24) is 9.97 Å². The van der Waals surface area contributed by atoms with Gasteiger partial charge < -0.3 is 15.1 Å². The van der Waals surface area contributed by atoms with Crippen LogP contribution in [0.15, 0.2) is 65.1 Å². The number of rotatable bonds is 4. The maximum Gasteiger partial charge on any atom is 0.248 e. The Morgan fingerprint density at radius 3 is 2.59 bits per heavy atom. The molecule has 27 heavy (non-hydrogen) atoms. The van der Waals surface area contributed by atoms with Crippen LogP contribution in [-0.4, -0.2) is 15.9 Å². The monoisotopic (exact) mass is 354 g/mol. The average Bonchev–Trinajstić information content (AvgIpc) is 3.33. The number of nitriles is 1. The molecule has 0 saturated carbocycles. The highest BCUT2D eigenvalue weighted by Crippen LogP contribution is 2.25. The van der Waals surface area contributed by atoms with Crippen molar-refractivity contribution in [2.75, 3.05) is 0 Å². The molecule has 4 aromatic rings. The lowest BCUT2D eigenvalue weighted by Crippen LogP contribution is -2.10. The number of aromatic amines is 1. The van der Waals surface area contributed by atoms with Crippen LogP contribution in [0, 0.1) is 11.3 Å². The van der Waals surface area contributed by atoms with Crippen LogP contribution in [0.4, 0.5) is 0 Å². The number of H-pyrrole nitrogens is 1. The minimum Gasteiger partial charge on any atom is -0.457 e. The fourth-order valence-corrected chi connectivity index (χ4v) is 2.76. The molecule has 6 heteroatoms. The zero-order valence-electron chi connectivity index (χ0n) is 14.1. The molecule has 2 aromatic carbocycles. The number of nitrogens with zero attached hydrogens (tertiary/aromatic N) is 2. The largest absolute Gasteiger partial charge is 0.457 e. The van der Waals surface area contributed by atoms with E-state index in [9.17, 15) is 10.1 Å². The number of nitrogens with one attached hydrogen (secondary N) is 1. The Kier molecular flexibility index (Phi) is 4.03. The molecule has 2 aromatic heterocycles. The number of para-hydroxylation sites is 2. The molecule has 0 spiro atoms. The number of imidazole rings is 1. The standard InChI is InChI=1S/C21H14N4O2/c22-12-15(21-24-17-3-1-2-4-18(17)25-21)11-16-9-10-19(27-16)13-5-7-14(8-6-13)20(23)26/h1-11H,(H2,23,26)(H,24,25)/b15-11-. The Labute approximate surface area is 154 Å². The number of primary amides is 1. The van der Waals surface area contributed by atoms with Crippen LogP contribution >= 0.6 is 0 Å². The normalized spacial score (nSPS) is 11.4. The van der Waals surface area contributed by atoms with E-state index in [1.807, 2.05) is 24.3 Å². The SMILES string of the molecule is N#C/C(=C/c1ccc(-c2ccc(C(N)=O)cc2)o1)c1nc2ccccc2[nH]1. The van der Waals surface area contributed by atoms with Crippen molar-refractivity contribution in [3.05, 3.63) is 77.8 Å². The summed E-state index contributed by atoms with van der Waals surface area (Å²) in [6.07, 6.45) is 1.64. The molecule has 130 valence electrons. The van der Waals surface area contributed by atoms with E-state index in [0.29, 0.717) is 28.5 Å². The van der Waals surface area contributed by atoms with Crippen molar-refractivity contribution < 1.29 is 9.21 Å². The smallest absolute Gasteiger partial charge is 0.248 e. The lowest BCUT2D eigenvalue weighted by Gasteiger charge is -1.99. The number of hydrogen-bond donors (Lipinski definition) is 2. The Hall–Kier alpha value is -4.11. The highest BCUT2D eigenvalue weighted by molar-refractivity contribution is 5.93. The summed E-state index contributed by atoms with van der Waals surface area (Å²) in [5.74, 6) is 1.16. The molecule has 0 saturated heterocycles. The van der Waals surface area contributed by atoms with Crippen LogP contribution in [0.1, 0.15) is 21.9 Å². The molecule has 0 fully saturated rings. The molecule has 0 unspecified atom stereocenters. The third-order valence-corrected chi connectivity index (χ3v) is 4.13. The molecule has 1 amide bonds. The predicted octanol–water partition coefficient (Wildman–Crippen LogP) is 3.99. The molecule has 0 aliphatic carbocycles. The molecule has 0 atom stereocenters. The van der Waals surface area contributed by atoms with Crippen molar-refractivity contribution in [1.29, 1.82) is 5.26 Å². The van der Waals surface area contributed by atoms with Crippen LogP contribution in [0.25, 0.3) is 34.0 Å². The number of carbonyl (C=O) groups excluding carboxylic acids is 1. The number of allylic oxidation sites excluding steroid dienone is 1. The van der Waals surface area contributed by atoms with E-state index in [4.69, 9.17) is 10.2 Å². The van der Waals surface area contributed by atoms with Crippen molar-refractivity contribution in [2.45, 2.75) is 0 Å². The summed E-state index contributed by atoms with van der Waals surface area (Å²) in [7, 11) is 0. The van der Waals surface area contributed by atoms with Gasteiger partial charge >= 0.3 is 0 Å². The van der Waals surface area contributed by atoms with Crippen molar-refractivity contribution in [3.63, 3.8) is 0 Å². The summed E-state index contributed by atoms with van der Waals surface area (Å²) in [6, 6.07) is 20.1. The average molecular weight is 354 g/mol. The Morgan fingerprint density at radius 2 is 1.89 bits per heavy atom. The lowest BCUT2D eigenvalue weighted by molar-refractivity contribution is 0.100. The fourth-order valence-electron chi connectivity index (χ4n) is 2.76. The summed E-state index contributed by atoms with van der Waals surface area (Å²) >= 11 is 0. The molecule has 0 aliphatic rings. The fraction of sp³-hybridized carbons (Fsp3) is 0. The lowest BCUT2D eigenvalue weighted by atomic mass is 10.1. The van der Waals surface area contributed by atoms with E-state index < -0.39 is 5.91 Å². The molecule has 4 rings (SSSR count). The van der Waals surface area contributed by atoms with Crippen LogP contribution in [0.5, 0.6) is 0 Å². The highest BCUT2D eigenvalue weighted by atomic mass is 16.3. The highest BCUT2D eigenvalue weighted by Gasteiger charge is 2.10. The van der Waals surface area contributed by atoms with Gasteiger partial charge in [0, 0.05) is 17.2 Å². The van der Waals surface area contributed by atoms with Crippen molar-refractivity contribution >= 4 is 28.6 Å². The topological polar surface area (TPSA) is 109 Å². The zero-order chi connectivity index (χ0) is 18.8. The summed E-state index contributed by atoms with van der Waals surface area (Å²) in [6.45, 7) is 0. The van der Waals surface area contributed by atoms with Crippen molar-refractivity contribution in [2.24, 2.45) is 5.73 Å². The van der Waals surface area contributed by atoms with Crippen LogP contribution in [0.2, 0.25) is 0 Å². The van der Waals surface area contributed by atoms with Gasteiger partial charge in [-0.1, -0.05) is 24.3 Å². The number of aromatic nitrogens is 2. The zero-order valence-corrected chi connectivity index (χ0v) is 14.1. The van der Waals surface area contributed by atoms with Gasteiger partial charge in [0.2, 0.25) is 5.91 Å². The Balaban J connectivity index is 1.65. The van der Waals surface area contributed by atoms with E-state index in [2.05, 4.69) is 16.0 Å². The number of benzene rings is 2. The van der Waals surface area contributed by atoms with Gasteiger partial charge in [0.05, 0.1) is 16.6 Å². The van der Waals surface area contributed by atoms with E-state index in [0.717, 1.165) is 16.6 Å². The second-order valence-electron chi connectivity index (χ2n) is 5.92. The molecule has 0 aliphatic heterocycles. The van der Waals surface area contributed by atoms with Crippen LogP contribution in [-0.2, 0) is 0 Å². The number of hydrogen-bond acceptors (Lipinski definition) is 4. The van der Waals surface area contributed by atoms with Crippen LogP contribution in [0.3, 0.4) is 0 Å². The minimum atomic E-state index is -0.478. The number of furan rings is 1. The van der Waals surface area contributed by atoms with Crippen LogP contribution < -0.4 is 5.73 Å². The van der Waals surface area contributed by atoms with Gasteiger partial charge in [0.15, 0.2) is 0 Å². The first kappa shape index (κ1) is 16.4. The Bertz CT molecular complexity index is 1170. The summed E-state index contributed by atoms with van der Waals surface area (Å²) in [4.78, 5) is 18.7. The second kappa shape index (κ2) is 6.65. The predicted molar refractivity (Wildman–Crippen MR) is 102 cm³/mol. The molecule has 0 radical (unpaired) electrons. The Morgan fingerprint density at radius 1 is 1.11 bits per heavy atom. The first-order chi connectivity index (χ1) is 13.1. The minimum absolute atomic E-state index is 0.371.